The average Bonchev–Trinajstić information content (AvgIpc) is 3.54. The van der Waals surface area contributed by atoms with Crippen LogP contribution in [0.5, 0.6) is 11.5 Å². The Balaban J connectivity index is 1.32. The van der Waals surface area contributed by atoms with E-state index in [1.165, 1.54) is 12.0 Å². The number of methoxy groups -OCH3 is 1. The molecule has 3 fully saturated rings. The topological polar surface area (TPSA) is 116 Å². The number of aryl methyl sites for hydroxylation is 2. The van der Waals surface area contributed by atoms with E-state index in [2.05, 4.69) is 5.43 Å². The summed E-state index contributed by atoms with van der Waals surface area (Å²) in [4.78, 5) is 60.0. The number of phenols is 1. The highest BCUT2D eigenvalue weighted by Gasteiger charge is 2.70. The molecule has 0 unspecified atom stereocenters. The van der Waals surface area contributed by atoms with E-state index in [1.54, 1.807) is 18.2 Å². The Morgan fingerprint density at radius 1 is 0.843 bits per heavy atom. The van der Waals surface area contributed by atoms with Gasteiger partial charge in [-0.1, -0.05) is 90.9 Å². The number of hydrogen-bond acceptors (Lipinski definition) is 7. The Morgan fingerprint density at radius 3 is 2.25 bits per heavy atom. The van der Waals surface area contributed by atoms with Gasteiger partial charge in [-0.05, 0) is 73.6 Å². The summed E-state index contributed by atoms with van der Waals surface area (Å²) >= 11 is 0. The van der Waals surface area contributed by atoms with Gasteiger partial charge in [0.15, 0.2) is 11.5 Å². The summed E-state index contributed by atoms with van der Waals surface area (Å²) in [6.45, 7) is 4.00. The number of anilines is 2. The quantitative estimate of drug-likeness (QED) is 0.170. The number of aromatic hydroxyl groups is 1. The number of nitrogens with one attached hydrogen (secondary N) is 1. The minimum atomic E-state index is -1.49. The van der Waals surface area contributed by atoms with Gasteiger partial charge in [0.05, 0.1) is 41.7 Å². The lowest BCUT2D eigenvalue weighted by molar-refractivity contribution is -0.138. The van der Waals surface area contributed by atoms with Crippen LogP contribution in [-0.2, 0) is 31.0 Å². The molecular formula is C42H39N3O6. The second kappa shape index (κ2) is 12.3. The zero-order chi connectivity index (χ0) is 35.6. The van der Waals surface area contributed by atoms with Crippen LogP contribution in [0.1, 0.15) is 47.9 Å². The van der Waals surface area contributed by atoms with Crippen LogP contribution in [0.25, 0.3) is 0 Å². The van der Waals surface area contributed by atoms with Gasteiger partial charge in [0.2, 0.25) is 11.8 Å². The molecule has 9 nitrogen and oxygen atoms in total. The van der Waals surface area contributed by atoms with Crippen LogP contribution in [0, 0.1) is 30.6 Å². The van der Waals surface area contributed by atoms with Gasteiger partial charge in [-0.2, -0.15) is 5.01 Å². The number of nitrogens with zero attached hydrogens (tertiary/aromatic N) is 2. The summed E-state index contributed by atoms with van der Waals surface area (Å²) < 4.78 is 5.55. The van der Waals surface area contributed by atoms with Gasteiger partial charge >= 0.3 is 0 Å². The van der Waals surface area contributed by atoms with Gasteiger partial charge in [-0.15, -0.1) is 0 Å². The van der Waals surface area contributed by atoms with Crippen molar-refractivity contribution in [2.75, 3.05) is 17.4 Å². The molecule has 51 heavy (non-hydrogen) atoms. The van der Waals surface area contributed by atoms with E-state index >= 15 is 4.79 Å². The summed E-state index contributed by atoms with van der Waals surface area (Å²) in [5.74, 6) is -5.06. The standard InChI is InChI=1S/C42H39N3O6/c1-4-25-15-19-28(20-16-25)44-38(47)30-22-21-29-32(35(30)40(44)49)23-33-39(48)45(43-27-17-13-24(2)14-18-27)41(50)42(33,26-9-6-5-7-10-26)36(29)31-11-8-12-34(51-3)37(31)46/h5-21,30,32-33,35-36,43,46H,4,22-23H2,1-3H3/t30-,32+,33-,35-,36+,42+/m0/s1. The van der Waals surface area contributed by atoms with Crippen LogP contribution >= 0.6 is 0 Å². The zero-order valence-electron chi connectivity index (χ0n) is 28.7. The van der Waals surface area contributed by atoms with Crippen molar-refractivity contribution in [3.05, 3.63) is 131 Å². The Morgan fingerprint density at radius 2 is 1.57 bits per heavy atom. The average molecular weight is 682 g/mol. The minimum Gasteiger partial charge on any atom is -0.504 e. The number of imide groups is 2. The second-order valence-corrected chi connectivity index (χ2v) is 14.0. The highest BCUT2D eigenvalue weighted by atomic mass is 16.5. The zero-order valence-corrected chi connectivity index (χ0v) is 28.7. The van der Waals surface area contributed by atoms with Crippen molar-refractivity contribution in [2.24, 2.45) is 23.7 Å². The first-order valence-corrected chi connectivity index (χ1v) is 17.5. The molecule has 4 aromatic carbocycles. The van der Waals surface area contributed by atoms with Crippen LogP contribution in [-0.4, -0.2) is 40.9 Å². The fraction of sp³-hybridized carbons (Fsp3) is 0.286. The summed E-state index contributed by atoms with van der Waals surface area (Å²) in [6, 6.07) is 29.3. The van der Waals surface area contributed by atoms with E-state index in [-0.39, 0.29) is 36.2 Å². The maximum atomic E-state index is 15.3. The smallest absolute Gasteiger partial charge is 0.260 e. The Labute approximate surface area is 296 Å². The molecule has 0 bridgehead atoms. The molecule has 4 aromatic rings. The maximum Gasteiger partial charge on any atom is 0.260 e. The van der Waals surface area contributed by atoms with Gasteiger partial charge in [-0.25, -0.2) is 0 Å². The number of carbonyl (C=O) groups excluding carboxylic acids is 4. The number of para-hydroxylation sites is 1. The maximum absolute atomic E-state index is 15.3. The molecule has 9 heteroatoms. The van der Waals surface area contributed by atoms with Crippen molar-refractivity contribution in [1.82, 2.24) is 5.01 Å². The number of amides is 4. The first kappa shape index (κ1) is 32.5. The van der Waals surface area contributed by atoms with Gasteiger partial charge in [0.1, 0.15) is 0 Å². The third-order valence-corrected chi connectivity index (χ3v) is 11.6. The van der Waals surface area contributed by atoms with E-state index < -0.39 is 46.8 Å². The normalized spacial score (nSPS) is 26.8. The van der Waals surface area contributed by atoms with Crippen LogP contribution in [0.4, 0.5) is 11.4 Å². The number of carbonyl (C=O) groups is 4. The molecular weight excluding hydrogens is 642 g/mol. The molecule has 2 aliphatic heterocycles. The lowest BCUT2D eigenvalue weighted by Crippen LogP contribution is -2.53. The second-order valence-electron chi connectivity index (χ2n) is 14.0. The van der Waals surface area contributed by atoms with Crippen molar-refractivity contribution in [3.8, 4) is 11.5 Å². The Kier molecular flexibility index (Phi) is 7.81. The molecule has 2 heterocycles. The molecule has 8 rings (SSSR count). The molecule has 0 aromatic heterocycles. The number of phenolic OH excluding ortho intramolecular Hbond substituents is 1. The van der Waals surface area contributed by atoms with Crippen molar-refractivity contribution >= 4 is 35.0 Å². The van der Waals surface area contributed by atoms with Crippen molar-refractivity contribution < 1.29 is 29.0 Å². The monoisotopic (exact) mass is 681 g/mol. The van der Waals surface area contributed by atoms with E-state index in [1.807, 2.05) is 98.8 Å². The summed E-state index contributed by atoms with van der Waals surface area (Å²) in [5.41, 5.74) is 6.64. The van der Waals surface area contributed by atoms with Crippen LogP contribution < -0.4 is 15.1 Å². The van der Waals surface area contributed by atoms with Gasteiger partial charge in [0, 0.05) is 11.5 Å². The first-order valence-electron chi connectivity index (χ1n) is 17.5. The van der Waals surface area contributed by atoms with E-state index in [0.717, 1.165) is 28.1 Å². The molecule has 0 radical (unpaired) electrons. The molecule has 2 N–H and O–H groups in total. The lowest BCUT2D eigenvalue weighted by Gasteiger charge is -2.50. The first-order chi connectivity index (χ1) is 24.7. The number of ether oxygens (including phenoxy) is 1. The number of hydrazine groups is 1. The molecule has 4 amide bonds. The van der Waals surface area contributed by atoms with Gasteiger partial charge < -0.3 is 9.84 Å². The molecule has 1 saturated carbocycles. The lowest BCUT2D eigenvalue weighted by atomic mass is 9.49. The van der Waals surface area contributed by atoms with E-state index in [4.69, 9.17) is 4.74 Å². The third kappa shape index (κ3) is 4.74. The van der Waals surface area contributed by atoms with Gasteiger partial charge in [0.25, 0.3) is 11.8 Å². The molecule has 258 valence electrons. The SMILES string of the molecule is CCc1ccc(N2C(=O)[C@H]3[C@H](CC=C4[C@H]3C[C@H]3C(=O)N(Nc5ccc(C)cc5)C(=O)[C@@]3(c3ccccc3)[C@H]4c3cccc(OC)c3O)C2=O)cc1. The molecule has 2 saturated heterocycles. The summed E-state index contributed by atoms with van der Waals surface area (Å²) in [5, 5.41) is 12.9. The van der Waals surface area contributed by atoms with E-state index in [0.29, 0.717) is 22.5 Å². The predicted octanol–water partition coefficient (Wildman–Crippen LogP) is 6.46. The van der Waals surface area contributed by atoms with Crippen molar-refractivity contribution in [1.29, 1.82) is 0 Å². The predicted molar refractivity (Wildman–Crippen MR) is 192 cm³/mol. The fourth-order valence-corrected chi connectivity index (χ4v) is 9.16. The highest BCUT2D eigenvalue weighted by Crippen LogP contribution is 2.65. The van der Waals surface area contributed by atoms with Gasteiger partial charge in [-0.3, -0.25) is 29.5 Å². The largest absolute Gasteiger partial charge is 0.504 e. The number of hydrogen-bond donors (Lipinski definition) is 2. The number of fused-ring (bicyclic) bond motifs is 4. The third-order valence-electron chi connectivity index (χ3n) is 11.6. The highest BCUT2D eigenvalue weighted by molar-refractivity contribution is 6.22. The Bertz CT molecular complexity index is 2090. The minimum absolute atomic E-state index is 0.139. The molecule has 0 spiro atoms. The van der Waals surface area contributed by atoms with Crippen LogP contribution in [0.3, 0.4) is 0 Å². The van der Waals surface area contributed by atoms with Crippen LogP contribution in [0.2, 0.25) is 0 Å². The van der Waals surface area contributed by atoms with E-state index in [9.17, 15) is 19.5 Å². The van der Waals surface area contributed by atoms with Crippen LogP contribution in [0.15, 0.2) is 109 Å². The van der Waals surface area contributed by atoms with Crippen molar-refractivity contribution in [3.63, 3.8) is 0 Å². The Hall–Kier alpha value is -5.70. The summed E-state index contributed by atoms with van der Waals surface area (Å²) in [7, 11) is 1.46. The molecule has 2 aliphatic carbocycles. The number of benzene rings is 4. The number of rotatable bonds is 7. The summed E-state index contributed by atoms with van der Waals surface area (Å²) in [6.07, 6.45) is 3.27. The molecule has 6 atom stereocenters. The molecule has 4 aliphatic rings. The number of allylic oxidation sites excluding steroid dienone is 2. The van der Waals surface area contributed by atoms with Crippen molar-refractivity contribution in [2.45, 2.75) is 44.4 Å². The fourth-order valence-electron chi connectivity index (χ4n) is 9.16.